The zero-order valence-corrected chi connectivity index (χ0v) is 15.0. The van der Waals surface area contributed by atoms with Gasteiger partial charge in [0.15, 0.2) is 0 Å². The van der Waals surface area contributed by atoms with E-state index in [1.165, 1.54) is 12.0 Å². The van der Waals surface area contributed by atoms with E-state index in [0.29, 0.717) is 5.03 Å². The molecule has 2 rings (SSSR count). The topological polar surface area (TPSA) is 0 Å². The first-order valence-electron chi connectivity index (χ1n) is 7.93. The van der Waals surface area contributed by atoms with E-state index in [2.05, 4.69) is 39.5 Å². The van der Waals surface area contributed by atoms with Gasteiger partial charge in [-0.25, -0.2) is 0 Å². The van der Waals surface area contributed by atoms with Gasteiger partial charge in [-0.1, -0.05) is 99.1 Å². The van der Waals surface area contributed by atoms with Crippen molar-refractivity contribution in [1.82, 2.24) is 0 Å². The van der Waals surface area contributed by atoms with E-state index in [1.54, 1.807) is 0 Å². The van der Waals surface area contributed by atoms with Crippen molar-refractivity contribution in [2.45, 2.75) is 27.2 Å². The van der Waals surface area contributed by atoms with Crippen LogP contribution in [0.15, 0.2) is 84.4 Å². The molecule has 0 aliphatic heterocycles. The largest absolute Gasteiger partial charge is 0.0911 e. The van der Waals surface area contributed by atoms with Crippen molar-refractivity contribution in [1.29, 1.82) is 0 Å². The summed E-state index contributed by atoms with van der Waals surface area (Å²) in [6, 6.07) is 20.2. The summed E-state index contributed by atoms with van der Waals surface area (Å²) in [5.74, 6) is 0. The third kappa shape index (κ3) is 7.17. The smallest absolute Gasteiger partial charge is 0.0414 e. The normalized spacial score (nSPS) is 11.5. The van der Waals surface area contributed by atoms with Crippen molar-refractivity contribution in [2.24, 2.45) is 0 Å². The molecule has 0 atom stereocenters. The summed E-state index contributed by atoms with van der Waals surface area (Å²) in [5.41, 5.74) is 4.29. The molecule has 2 aromatic carbocycles. The van der Waals surface area contributed by atoms with E-state index >= 15 is 0 Å². The van der Waals surface area contributed by atoms with Gasteiger partial charge in [0, 0.05) is 5.03 Å². The number of rotatable bonds is 4. The lowest BCUT2D eigenvalue weighted by Crippen LogP contribution is -1.81. The van der Waals surface area contributed by atoms with Crippen LogP contribution in [0, 0.1) is 0 Å². The maximum atomic E-state index is 6.29. The molecule has 0 spiro atoms. The first kappa shape index (κ1) is 19.0. The van der Waals surface area contributed by atoms with E-state index in [4.69, 9.17) is 11.6 Å². The van der Waals surface area contributed by atoms with Crippen LogP contribution in [0.5, 0.6) is 0 Å². The number of halogens is 1. The highest BCUT2D eigenvalue weighted by Crippen LogP contribution is 2.21. The standard InChI is InChI=1S/C19H17Cl.C3H8/c1-15(17-9-5-3-6-10-17)13-19(20)14-16(2)18-11-7-4-8-12-18;1-3-2/h3-14H,1H2,2H3;3H2,1-2H3/b16-14+,19-13+;. The molecule has 0 heterocycles. The maximum Gasteiger partial charge on any atom is 0.0414 e. The molecule has 0 amide bonds. The van der Waals surface area contributed by atoms with Gasteiger partial charge in [-0.3, -0.25) is 0 Å². The van der Waals surface area contributed by atoms with Crippen molar-refractivity contribution in [3.05, 3.63) is 95.6 Å². The molecule has 1 heteroatoms. The van der Waals surface area contributed by atoms with Crippen molar-refractivity contribution in [3.8, 4) is 0 Å². The molecule has 0 radical (unpaired) electrons. The average molecular weight is 325 g/mol. The molecular weight excluding hydrogens is 300 g/mol. The molecule has 0 aliphatic carbocycles. The molecule has 23 heavy (non-hydrogen) atoms. The fraction of sp³-hybridized carbons (Fsp3) is 0.182. The molecule has 0 unspecified atom stereocenters. The van der Waals surface area contributed by atoms with Crippen LogP contribution in [0.25, 0.3) is 11.1 Å². The quantitative estimate of drug-likeness (QED) is 0.516. The minimum Gasteiger partial charge on any atom is -0.0911 e. The van der Waals surface area contributed by atoms with Crippen LogP contribution in [-0.2, 0) is 0 Å². The summed E-state index contributed by atoms with van der Waals surface area (Å²) >= 11 is 6.29. The Balaban J connectivity index is 0.000000816. The Kier molecular flexibility index (Phi) is 8.79. The highest BCUT2D eigenvalue weighted by molar-refractivity contribution is 6.32. The van der Waals surface area contributed by atoms with Gasteiger partial charge in [0.2, 0.25) is 0 Å². The van der Waals surface area contributed by atoms with E-state index in [9.17, 15) is 0 Å². The zero-order chi connectivity index (χ0) is 17.1. The fourth-order valence-electron chi connectivity index (χ4n) is 1.93. The fourth-order valence-corrected chi connectivity index (χ4v) is 2.23. The maximum absolute atomic E-state index is 6.29. The van der Waals surface area contributed by atoms with E-state index in [1.807, 2.05) is 60.7 Å². The summed E-state index contributed by atoms with van der Waals surface area (Å²) in [5, 5.41) is 0.681. The molecule has 0 fully saturated rings. The summed E-state index contributed by atoms with van der Waals surface area (Å²) in [6.07, 6.45) is 5.11. The molecule has 0 nitrogen and oxygen atoms in total. The van der Waals surface area contributed by atoms with E-state index in [-0.39, 0.29) is 0 Å². The molecule has 0 saturated carbocycles. The molecule has 0 bridgehead atoms. The second-order valence-corrected chi connectivity index (χ2v) is 5.76. The molecule has 0 aliphatic rings. The van der Waals surface area contributed by atoms with Crippen molar-refractivity contribution >= 4 is 22.7 Å². The average Bonchev–Trinajstić information content (AvgIpc) is 2.57. The molecule has 0 aromatic heterocycles. The monoisotopic (exact) mass is 324 g/mol. The van der Waals surface area contributed by atoms with Gasteiger partial charge in [0.05, 0.1) is 0 Å². The lowest BCUT2D eigenvalue weighted by molar-refractivity contribution is 1.09. The van der Waals surface area contributed by atoms with Crippen LogP contribution in [0.2, 0.25) is 0 Å². The van der Waals surface area contributed by atoms with Gasteiger partial charge >= 0.3 is 0 Å². The van der Waals surface area contributed by atoms with Crippen LogP contribution in [0.1, 0.15) is 38.3 Å². The number of hydrogen-bond donors (Lipinski definition) is 0. The van der Waals surface area contributed by atoms with Crippen LogP contribution in [0.4, 0.5) is 0 Å². The van der Waals surface area contributed by atoms with Crippen LogP contribution < -0.4 is 0 Å². The highest BCUT2D eigenvalue weighted by atomic mass is 35.5. The van der Waals surface area contributed by atoms with Gasteiger partial charge < -0.3 is 0 Å². The molecule has 2 aromatic rings. The Bertz CT molecular complexity index is 649. The second kappa shape index (κ2) is 10.6. The summed E-state index contributed by atoms with van der Waals surface area (Å²) in [7, 11) is 0. The summed E-state index contributed by atoms with van der Waals surface area (Å²) in [6.45, 7) is 10.4. The molecule has 0 saturated heterocycles. The summed E-state index contributed by atoms with van der Waals surface area (Å²) < 4.78 is 0. The van der Waals surface area contributed by atoms with Crippen molar-refractivity contribution in [3.63, 3.8) is 0 Å². The Morgan fingerprint density at radius 2 is 1.30 bits per heavy atom. The van der Waals surface area contributed by atoms with Crippen LogP contribution >= 0.6 is 11.6 Å². The predicted molar refractivity (Wildman–Crippen MR) is 105 cm³/mol. The Hall–Kier alpha value is -2.05. The molecule has 0 N–H and O–H groups in total. The Morgan fingerprint density at radius 3 is 1.78 bits per heavy atom. The molecule has 120 valence electrons. The van der Waals surface area contributed by atoms with E-state index < -0.39 is 0 Å². The lowest BCUT2D eigenvalue weighted by Gasteiger charge is -2.03. The minimum atomic E-state index is 0.681. The lowest BCUT2D eigenvalue weighted by atomic mass is 10.1. The first-order valence-corrected chi connectivity index (χ1v) is 8.31. The highest BCUT2D eigenvalue weighted by Gasteiger charge is 1.98. The van der Waals surface area contributed by atoms with Crippen molar-refractivity contribution < 1.29 is 0 Å². The predicted octanol–water partition coefficient (Wildman–Crippen LogP) is 7.34. The van der Waals surface area contributed by atoms with Crippen LogP contribution in [-0.4, -0.2) is 0 Å². The van der Waals surface area contributed by atoms with Crippen molar-refractivity contribution in [2.75, 3.05) is 0 Å². The third-order valence-electron chi connectivity index (χ3n) is 3.04. The van der Waals surface area contributed by atoms with Gasteiger partial charge in [0.25, 0.3) is 0 Å². The number of hydrogen-bond acceptors (Lipinski definition) is 0. The van der Waals surface area contributed by atoms with E-state index in [0.717, 1.165) is 16.7 Å². The summed E-state index contributed by atoms with van der Waals surface area (Å²) in [4.78, 5) is 0. The Morgan fingerprint density at radius 1 is 0.870 bits per heavy atom. The van der Waals surface area contributed by atoms with Gasteiger partial charge in [-0.05, 0) is 41.3 Å². The van der Waals surface area contributed by atoms with Gasteiger partial charge in [0.1, 0.15) is 0 Å². The minimum absolute atomic E-state index is 0.681. The SMILES string of the molecule is C=C(/C=C(Cl)\C=C(/C)c1ccccc1)c1ccccc1.CCC. The zero-order valence-electron chi connectivity index (χ0n) is 14.2. The van der Waals surface area contributed by atoms with Gasteiger partial charge in [-0.2, -0.15) is 0 Å². The number of benzene rings is 2. The van der Waals surface area contributed by atoms with Crippen LogP contribution in [0.3, 0.4) is 0 Å². The van der Waals surface area contributed by atoms with Gasteiger partial charge in [-0.15, -0.1) is 0 Å². The Labute approximate surface area is 145 Å². The third-order valence-corrected chi connectivity index (χ3v) is 3.26. The molecular formula is C22H25Cl. The first-order chi connectivity index (χ1) is 11.1. The second-order valence-electron chi connectivity index (χ2n) is 5.32. The number of allylic oxidation sites excluding steroid dienone is 5.